The lowest BCUT2D eigenvalue weighted by Crippen LogP contribution is -2.43. The fraction of sp³-hybridized carbons (Fsp3) is 0.444. The molecule has 0 bridgehead atoms. The van der Waals surface area contributed by atoms with Crippen molar-refractivity contribution in [2.24, 2.45) is 0 Å². The Kier molecular flexibility index (Phi) is 8.41. The zero-order valence-corrected chi connectivity index (χ0v) is 14.5. The van der Waals surface area contributed by atoms with E-state index >= 15 is 0 Å². The van der Waals surface area contributed by atoms with Gasteiger partial charge in [-0.15, -0.1) is 6.58 Å². The number of aryl methyl sites for hydroxylation is 1. The lowest BCUT2D eigenvalue weighted by Gasteiger charge is -2.26. The van der Waals surface area contributed by atoms with Gasteiger partial charge in [-0.1, -0.05) is 29.8 Å². The maximum atomic E-state index is 12.2. The van der Waals surface area contributed by atoms with Gasteiger partial charge >= 0.3 is 5.97 Å². The van der Waals surface area contributed by atoms with E-state index in [1.54, 1.807) is 20.0 Å². The van der Waals surface area contributed by atoms with Gasteiger partial charge in [-0.05, 0) is 43.9 Å². The van der Waals surface area contributed by atoms with E-state index in [-0.39, 0.29) is 11.9 Å². The van der Waals surface area contributed by atoms with Crippen LogP contribution in [0, 0.1) is 0 Å². The second kappa shape index (κ2) is 10.1. The van der Waals surface area contributed by atoms with E-state index in [9.17, 15) is 9.59 Å². The Morgan fingerprint density at radius 1 is 1.35 bits per heavy atom. The molecule has 1 rings (SSSR count). The normalized spacial score (nSPS) is 11.6. The highest BCUT2D eigenvalue weighted by Gasteiger charge is 2.27. The molecule has 1 amide bonds. The summed E-state index contributed by atoms with van der Waals surface area (Å²) in [7, 11) is 1.65. The highest BCUT2D eigenvalue weighted by Crippen LogP contribution is 2.15. The second-order valence-electron chi connectivity index (χ2n) is 5.26. The molecule has 0 saturated carbocycles. The van der Waals surface area contributed by atoms with Gasteiger partial charge in [0.15, 0.2) is 0 Å². The molecule has 4 nitrogen and oxygen atoms in total. The van der Waals surface area contributed by atoms with E-state index in [0.717, 1.165) is 5.56 Å². The molecule has 1 aromatic rings. The molecule has 0 aliphatic carbocycles. The first-order valence-electron chi connectivity index (χ1n) is 7.77. The number of hydrogen-bond acceptors (Lipinski definition) is 3. The molecule has 1 atom stereocenters. The molecule has 0 aliphatic heterocycles. The lowest BCUT2D eigenvalue weighted by atomic mass is 10.0. The number of benzene rings is 1. The Bertz CT molecular complexity index is 528. The van der Waals surface area contributed by atoms with Crippen LogP contribution >= 0.6 is 11.6 Å². The minimum Gasteiger partial charge on any atom is -0.464 e. The van der Waals surface area contributed by atoms with Crippen LogP contribution in [0.2, 0.25) is 5.02 Å². The summed E-state index contributed by atoms with van der Waals surface area (Å²) in [5.41, 5.74) is 1.07. The third-order valence-corrected chi connectivity index (χ3v) is 3.85. The van der Waals surface area contributed by atoms with Crippen molar-refractivity contribution in [3.05, 3.63) is 47.5 Å². The van der Waals surface area contributed by atoms with Crippen LogP contribution in [0.1, 0.15) is 31.7 Å². The molecule has 0 saturated heterocycles. The molecule has 0 aliphatic rings. The van der Waals surface area contributed by atoms with Crippen LogP contribution in [-0.2, 0) is 20.7 Å². The Labute approximate surface area is 143 Å². The van der Waals surface area contributed by atoms with Crippen molar-refractivity contribution in [1.29, 1.82) is 0 Å². The van der Waals surface area contributed by atoms with Crippen molar-refractivity contribution >= 4 is 23.5 Å². The predicted octanol–water partition coefficient (Wildman–Crippen LogP) is 3.63. The van der Waals surface area contributed by atoms with E-state index in [2.05, 4.69) is 6.58 Å². The van der Waals surface area contributed by atoms with Crippen molar-refractivity contribution in [2.75, 3.05) is 13.7 Å². The van der Waals surface area contributed by atoms with Gasteiger partial charge in [-0.2, -0.15) is 0 Å². The minimum atomic E-state index is -0.581. The maximum Gasteiger partial charge on any atom is 0.328 e. The molecular weight excluding hydrogens is 314 g/mol. The third-order valence-electron chi connectivity index (χ3n) is 3.60. The number of carbonyl (C=O) groups excluding carboxylic acids is 2. The van der Waals surface area contributed by atoms with Gasteiger partial charge in [-0.3, -0.25) is 4.79 Å². The molecule has 1 aromatic carbocycles. The molecule has 0 unspecified atom stereocenters. The largest absolute Gasteiger partial charge is 0.464 e. The molecule has 23 heavy (non-hydrogen) atoms. The average Bonchev–Trinajstić information content (AvgIpc) is 2.54. The Morgan fingerprint density at radius 2 is 2.00 bits per heavy atom. The number of allylic oxidation sites excluding steroid dienone is 1. The molecule has 0 fully saturated rings. The molecule has 0 radical (unpaired) electrons. The van der Waals surface area contributed by atoms with Gasteiger partial charge in [0, 0.05) is 18.5 Å². The third kappa shape index (κ3) is 6.45. The number of halogens is 1. The molecule has 0 heterocycles. The van der Waals surface area contributed by atoms with E-state index in [0.29, 0.717) is 37.3 Å². The fourth-order valence-electron chi connectivity index (χ4n) is 2.24. The number of nitrogens with zero attached hydrogens (tertiary/aromatic N) is 1. The Morgan fingerprint density at radius 3 is 2.57 bits per heavy atom. The summed E-state index contributed by atoms with van der Waals surface area (Å²) in [5, 5.41) is 0.674. The Balaban J connectivity index is 2.74. The topological polar surface area (TPSA) is 46.6 Å². The van der Waals surface area contributed by atoms with Crippen molar-refractivity contribution < 1.29 is 14.3 Å². The summed E-state index contributed by atoms with van der Waals surface area (Å²) in [6.07, 6.45) is 3.81. The SMILES string of the molecule is C=CCCC(=O)N(C)[C@@H](CCc1ccc(Cl)cc1)C(=O)OCC. The van der Waals surface area contributed by atoms with Crippen molar-refractivity contribution in [2.45, 2.75) is 38.6 Å². The standard InChI is InChI=1S/C18H24ClNO3/c1-4-6-7-17(21)20(3)16(18(22)23-5-2)13-10-14-8-11-15(19)12-9-14/h4,8-9,11-12,16H,1,5-7,10,13H2,2-3H3/t16-/m0/s1. The molecule has 0 N–H and O–H groups in total. The van der Waals surface area contributed by atoms with Crippen LogP contribution in [0.4, 0.5) is 0 Å². The number of esters is 1. The van der Waals surface area contributed by atoms with E-state index in [4.69, 9.17) is 16.3 Å². The summed E-state index contributed by atoms with van der Waals surface area (Å²) >= 11 is 5.87. The molecule has 0 aromatic heterocycles. The van der Waals surface area contributed by atoms with Gasteiger partial charge in [0.05, 0.1) is 6.61 Å². The summed E-state index contributed by atoms with van der Waals surface area (Å²) in [6, 6.07) is 6.89. The average molecular weight is 338 g/mol. The van der Waals surface area contributed by atoms with E-state index in [1.165, 1.54) is 4.90 Å². The van der Waals surface area contributed by atoms with Gasteiger partial charge in [-0.25, -0.2) is 4.79 Å². The highest BCUT2D eigenvalue weighted by atomic mass is 35.5. The summed E-state index contributed by atoms with van der Waals surface area (Å²) in [4.78, 5) is 25.8. The van der Waals surface area contributed by atoms with Crippen molar-refractivity contribution in [1.82, 2.24) is 4.90 Å². The minimum absolute atomic E-state index is 0.0842. The van der Waals surface area contributed by atoms with Crippen LogP contribution < -0.4 is 0 Å². The van der Waals surface area contributed by atoms with E-state index < -0.39 is 6.04 Å². The number of ether oxygens (including phenoxy) is 1. The first-order valence-corrected chi connectivity index (χ1v) is 8.15. The number of hydrogen-bond donors (Lipinski definition) is 0. The van der Waals surface area contributed by atoms with Crippen LogP contribution in [0.3, 0.4) is 0 Å². The van der Waals surface area contributed by atoms with Gasteiger partial charge in [0.1, 0.15) is 6.04 Å². The molecule has 0 spiro atoms. The predicted molar refractivity (Wildman–Crippen MR) is 92.4 cm³/mol. The van der Waals surface area contributed by atoms with Crippen LogP contribution in [0.15, 0.2) is 36.9 Å². The first kappa shape index (κ1) is 19.2. The summed E-state index contributed by atoms with van der Waals surface area (Å²) < 4.78 is 5.11. The fourth-order valence-corrected chi connectivity index (χ4v) is 2.36. The van der Waals surface area contributed by atoms with Crippen LogP contribution in [0.5, 0.6) is 0 Å². The molecule has 5 heteroatoms. The van der Waals surface area contributed by atoms with Crippen LogP contribution in [-0.4, -0.2) is 36.5 Å². The zero-order valence-electron chi connectivity index (χ0n) is 13.8. The number of rotatable bonds is 9. The summed E-state index contributed by atoms with van der Waals surface area (Å²) in [6.45, 7) is 5.67. The smallest absolute Gasteiger partial charge is 0.328 e. The van der Waals surface area contributed by atoms with Gasteiger partial charge < -0.3 is 9.64 Å². The maximum absolute atomic E-state index is 12.2. The van der Waals surface area contributed by atoms with E-state index in [1.807, 2.05) is 24.3 Å². The van der Waals surface area contributed by atoms with Gasteiger partial charge in [0.25, 0.3) is 0 Å². The monoisotopic (exact) mass is 337 g/mol. The number of likely N-dealkylation sites (N-methyl/N-ethyl adjacent to an activating group) is 1. The zero-order chi connectivity index (χ0) is 17.2. The number of carbonyl (C=O) groups is 2. The quantitative estimate of drug-likeness (QED) is 0.510. The van der Waals surface area contributed by atoms with Crippen LogP contribution in [0.25, 0.3) is 0 Å². The molecule has 126 valence electrons. The lowest BCUT2D eigenvalue weighted by molar-refractivity contribution is -0.154. The Hall–Kier alpha value is -1.81. The van der Waals surface area contributed by atoms with Gasteiger partial charge in [0.2, 0.25) is 5.91 Å². The second-order valence-corrected chi connectivity index (χ2v) is 5.70. The summed E-state index contributed by atoms with van der Waals surface area (Å²) in [5.74, 6) is -0.449. The first-order chi connectivity index (χ1) is 11.0. The van der Waals surface area contributed by atoms with Crippen molar-refractivity contribution in [3.8, 4) is 0 Å². The van der Waals surface area contributed by atoms with Crippen molar-refractivity contribution in [3.63, 3.8) is 0 Å². The molecular formula is C18H24ClNO3. The number of amides is 1. The highest BCUT2D eigenvalue weighted by molar-refractivity contribution is 6.30.